The fourth-order valence-corrected chi connectivity index (χ4v) is 4.79. The third kappa shape index (κ3) is 4.33. The largest absolute Gasteiger partial charge is 0.369 e. The van der Waals surface area contributed by atoms with Gasteiger partial charge in [-0.05, 0) is 66.1 Å². The first-order chi connectivity index (χ1) is 13.9. The SMILES string of the molecule is Cc1cc(N2CCN(Cc3c(C)nn(C(C)C)c3C)CC2)cc(C2CCCN2)n1. The molecule has 4 rings (SSSR count). The molecule has 6 heteroatoms. The number of rotatable bonds is 5. The molecule has 2 aromatic heterocycles. The number of nitrogens with zero attached hydrogens (tertiary/aromatic N) is 5. The van der Waals surface area contributed by atoms with Crippen molar-refractivity contribution >= 4 is 5.69 Å². The molecule has 2 aliphatic rings. The van der Waals surface area contributed by atoms with Crippen molar-refractivity contribution < 1.29 is 0 Å². The molecule has 158 valence electrons. The molecule has 0 aliphatic carbocycles. The number of anilines is 1. The molecule has 0 radical (unpaired) electrons. The highest BCUT2D eigenvalue weighted by Crippen LogP contribution is 2.27. The summed E-state index contributed by atoms with van der Waals surface area (Å²) < 4.78 is 2.17. The highest BCUT2D eigenvalue weighted by Gasteiger charge is 2.23. The fraction of sp³-hybridized carbons (Fsp3) is 0.652. The standard InChI is InChI=1S/C23H36N6/c1-16(2)29-19(5)21(18(4)26-29)15-27-9-11-28(12-10-27)20-13-17(3)25-23(14-20)22-7-6-8-24-22/h13-14,16,22,24H,6-12,15H2,1-5H3. The van der Waals surface area contributed by atoms with E-state index in [1.807, 2.05) is 0 Å². The number of pyridine rings is 1. The Morgan fingerprint density at radius 1 is 1.10 bits per heavy atom. The van der Waals surface area contributed by atoms with E-state index in [2.05, 4.69) is 66.5 Å². The average Bonchev–Trinajstić information content (AvgIpc) is 3.32. The van der Waals surface area contributed by atoms with Crippen molar-refractivity contribution in [2.24, 2.45) is 0 Å². The van der Waals surface area contributed by atoms with Crippen molar-refractivity contribution in [2.45, 2.75) is 66.1 Å². The van der Waals surface area contributed by atoms with Gasteiger partial charge in [0.15, 0.2) is 0 Å². The van der Waals surface area contributed by atoms with Crippen LogP contribution in [0.5, 0.6) is 0 Å². The van der Waals surface area contributed by atoms with Gasteiger partial charge in [0.2, 0.25) is 0 Å². The third-order valence-electron chi connectivity index (χ3n) is 6.46. The quantitative estimate of drug-likeness (QED) is 0.838. The first-order valence-corrected chi connectivity index (χ1v) is 11.2. The highest BCUT2D eigenvalue weighted by atomic mass is 15.3. The van der Waals surface area contributed by atoms with Gasteiger partial charge >= 0.3 is 0 Å². The molecule has 1 N–H and O–H groups in total. The van der Waals surface area contributed by atoms with Gasteiger partial charge in [0.25, 0.3) is 0 Å². The molecule has 1 atom stereocenters. The molecule has 4 heterocycles. The van der Waals surface area contributed by atoms with Crippen LogP contribution in [0.2, 0.25) is 0 Å². The molecular formula is C23H36N6. The van der Waals surface area contributed by atoms with Gasteiger partial charge in [0.1, 0.15) is 0 Å². The number of hydrogen-bond acceptors (Lipinski definition) is 5. The van der Waals surface area contributed by atoms with E-state index in [9.17, 15) is 0 Å². The third-order valence-corrected chi connectivity index (χ3v) is 6.46. The van der Waals surface area contributed by atoms with Gasteiger partial charge in [-0.1, -0.05) is 0 Å². The van der Waals surface area contributed by atoms with Crippen LogP contribution in [0, 0.1) is 20.8 Å². The zero-order valence-electron chi connectivity index (χ0n) is 18.7. The lowest BCUT2D eigenvalue weighted by Crippen LogP contribution is -2.46. The zero-order chi connectivity index (χ0) is 20.5. The van der Waals surface area contributed by atoms with E-state index >= 15 is 0 Å². The van der Waals surface area contributed by atoms with Crippen molar-refractivity contribution in [1.29, 1.82) is 0 Å². The molecule has 0 amide bonds. The van der Waals surface area contributed by atoms with Crippen molar-refractivity contribution in [3.05, 3.63) is 40.5 Å². The second-order valence-electron chi connectivity index (χ2n) is 8.99. The topological polar surface area (TPSA) is 49.2 Å². The second-order valence-corrected chi connectivity index (χ2v) is 8.99. The summed E-state index contributed by atoms with van der Waals surface area (Å²) in [5, 5.41) is 8.35. The zero-order valence-corrected chi connectivity index (χ0v) is 18.7. The van der Waals surface area contributed by atoms with Crippen LogP contribution in [0.3, 0.4) is 0 Å². The van der Waals surface area contributed by atoms with Gasteiger partial charge in [0.05, 0.1) is 11.4 Å². The summed E-state index contributed by atoms with van der Waals surface area (Å²) in [6.45, 7) is 17.3. The molecule has 2 saturated heterocycles. The molecule has 6 nitrogen and oxygen atoms in total. The van der Waals surface area contributed by atoms with Gasteiger partial charge < -0.3 is 10.2 Å². The lowest BCUT2D eigenvalue weighted by Gasteiger charge is -2.36. The maximum Gasteiger partial charge on any atom is 0.0641 e. The Kier molecular flexibility index (Phi) is 5.93. The second kappa shape index (κ2) is 8.44. The predicted octanol–water partition coefficient (Wildman–Crippen LogP) is 3.53. The maximum atomic E-state index is 4.81. The summed E-state index contributed by atoms with van der Waals surface area (Å²) in [6.07, 6.45) is 2.45. The molecule has 0 aromatic carbocycles. The first kappa shape index (κ1) is 20.4. The molecule has 0 spiro atoms. The smallest absolute Gasteiger partial charge is 0.0641 e. The van der Waals surface area contributed by atoms with Gasteiger partial charge in [0, 0.05) is 67.4 Å². The lowest BCUT2D eigenvalue weighted by molar-refractivity contribution is 0.249. The van der Waals surface area contributed by atoms with Crippen molar-refractivity contribution in [3.63, 3.8) is 0 Å². The van der Waals surface area contributed by atoms with Crippen LogP contribution in [-0.2, 0) is 6.54 Å². The molecule has 29 heavy (non-hydrogen) atoms. The van der Waals surface area contributed by atoms with Crippen molar-refractivity contribution in [1.82, 2.24) is 25.0 Å². The maximum absolute atomic E-state index is 4.81. The van der Waals surface area contributed by atoms with Crippen LogP contribution in [0.15, 0.2) is 12.1 Å². The van der Waals surface area contributed by atoms with Crippen LogP contribution in [0.25, 0.3) is 0 Å². The van der Waals surface area contributed by atoms with Gasteiger partial charge in [-0.15, -0.1) is 0 Å². The molecule has 2 fully saturated rings. The van der Waals surface area contributed by atoms with Gasteiger partial charge in [-0.2, -0.15) is 5.10 Å². The Hall–Kier alpha value is -1.92. The Balaban J connectivity index is 1.41. The van der Waals surface area contributed by atoms with E-state index in [-0.39, 0.29) is 0 Å². The molecule has 0 saturated carbocycles. The lowest BCUT2D eigenvalue weighted by atomic mass is 10.1. The normalized spacial score (nSPS) is 20.8. The van der Waals surface area contributed by atoms with E-state index in [0.29, 0.717) is 12.1 Å². The minimum Gasteiger partial charge on any atom is -0.369 e. The Morgan fingerprint density at radius 3 is 2.48 bits per heavy atom. The molecule has 0 bridgehead atoms. The summed E-state index contributed by atoms with van der Waals surface area (Å²) in [7, 11) is 0. The number of aromatic nitrogens is 3. The summed E-state index contributed by atoms with van der Waals surface area (Å²) in [5.74, 6) is 0. The Bertz CT molecular complexity index is 841. The van der Waals surface area contributed by atoms with E-state index < -0.39 is 0 Å². The van der Waals surface area contributed by atoms with Crippen LogP contribution in [0.4, 0.5) is 5.69 Å². The van der Waals surface area contributed by atoms with Gasteiger partial charge in [-0.25, -0.2) is 0 Å². The van der Waals surface area contributed by atoms with E-state index in [1.165, 1.54) is 41.2 Å². The summed E-state index contributed by atoms with van der Waals surface area (Å²) in [4.78, 5) is 9.91. The van der Waals surface area contributed by atoms with Crippen molar-refractivity contribution in [2.75, 3.05) is 37.6 Å². The fourth-order valence-electron chi connectivity index (χ4n) is 4.79. The number of nitrogens with one attached hydrogen (secondary N) is 1. The summed E-state index contributed by atoms with van der Waals surface area (Å²) >= 11 is 0. The minimum absolute atomic E-state index is 0.415. The van der Waals surface area contributed by atoms with Crippen LogP contribution >= 0.6 is 0 Å². The van der Waals surface area contributed by atoms with E-state index in [4.69, 9.17) is 10.1 Å². The van der Waals surface area contributed by atoms with Crippen LogP contribution in [-0.4, -0.2) is 52.4 Å². The average molecular weight is 397 g/mol. The Morgan fingerprint density at radius 2 is 1.86 bits per heavy atom. The van der Waals surface area contributed by atoms with Crippen LogP contribution in [0.1, 0.15) is 67.1 Å². The van der Waals surface area contributed by atoms with Gasteiger partial charge in [-0.3, -0.25) is 14.6 Å². The van der Waals surface area contributed by atoms with E-state index in [0.717, 1.165) is 45.0 Å². The monoisotopic (exact) mass is 396 g/mol. The summed E-state index contributed by atoms with van der Waals surface area (Å²) in [6, 6.07) is 5.40. The van der Waals surface area contributed by atoms with E-state index in [1.54, 1.807) is 0 Å². The number of piperazine rings is 1. The predicted molar refractivity (Wildman–Crippen MR) is 119 cm³/mol. The van der Waals surface area contributed by atoms with Crippen LogP contribution < -0.4 is 10.2 Å². The molecule has 1 unspecified atom stereocenters. The molecule has 2 aromatic rings. The Labute approximate surface area is 175 Å². The first-order valence-electron chi connectivity index (χ1n) is 11.2. The number of aryl methyl sites for hydroxylation is 2. The number of hydrogen-bond donors (Lipinski definition) is 1. The molecular weight excluding hydrogens is 360 g/mol. The van der Waals surface area contributed by atoms with Crippen molar-refractivity contribution in [3.8, 4) is 0 Å². The molecule has 2 aliphatic heterocycles. The highest BCUT2D eigenvalue weighted by molar-refractivity contribution is 5.49. The summed E-state index contributed by atoms with van der Waals surface area (Å²) in [5.41, 5.74) is 7.58. The minimum atomic E-state index is 0.415.